The fourth-order valence-corrected chi connectivity index (χ4v) is 1.61. The second-order valence-corrected chi connectivity index (χ2v) is 3.92. The maximum absolute atomic E-state index is 11.7. The summed E-state index contributed by atoms with van der Waals surface area (Å²) in [6.07, 6.45) is 7.22. The second-order valence-electron chi connectivity index (χ2n) is 3.92. The Morgan fingerprint density at radius 3 is 2.92 bits per heavy atom. The van der Waals surface area contributed by atoms with Gasteiger partial charge in [-0.2, -0.15) is 0 Å². The minimum atomic E-state index is -0.199. The number of carbonyl (C=O) groups excluding carboxylic acids is 1. The second kappa shape index (κ2) is 3.18. The van der Waals surface area contributed by atoms with Gasteiger partial charge in [-0.3, -0.25) is 4.79 Å². The number of amides is 1. The molecule has 1 aliphatic rings. The molecule has 2 nitrogen and oxygen atoms in total. The van der Waals surface area contributed by atoms with Crippen LogP contribution in [0, 0.1) is 17.8 Å². The first-order valence-corrected chi connectivity index (χ1v) is 4.31. The molecule has 0 aromatic rings. The largest absolute Gasteiger partial charge is 0.331 e. The number of hydrogen-bond acceptors (Lipinski definition) is 1. The van der Waals surface area contributed by atoms with Gasteiger partial charge in [0.25, 0.3) is 0 Å². The van der Waals surface area contributed by atoms with E-state index in [2.05, 4.69) is 5.92 Å². The number of piperidine rings is 1. The van der Waals surface area contributed by atoms with E-state index in [1.165, 1.54) is 0 Å². The third kappa shape index (κ3) is 1.61. The zero-order valence-electron chi connectivity index (χ0n) is 7.76. The van der Waals surface area contributed by atoms with Crippen molar-refractivity contribution in [1.29, 1.82) is 0 Å². The van der Waals surface area contributed by atoms with E-state index in [0.29, 0.717) is 6.54 Å². The van der Waals surface area contributed by atoms with Crippen LogP contribution in [0.5, 0.6) is 0 Å². The van der Waals surface area contributed by atoms with E-state index in [9.17, 15) is 4.79 Å². The summed E-state index contributed by atoms with van der Waals surface area (Å²) in [6.45, 7) is 5.25. The van der Waals surface area contributed by atoms with Gasteiger partial charge in [-0.05, 0) is 12.8 Å². The van der Waals surface area contributed by atoms with Crippen LogP contribution in [0.25, 0.3) is 0 Å². The number of carbonyl (C=O) groups is 1. The van der Waals surface area contributed by atoms with Crippen LogP contribution in [0.15, 0.2) is 0 Å². The minimum Gasteiger partial charge on any atom is -0.331 e. The minimum absolute atomic E-state index is 0.199. The van der Waals surface area contributed by atoms with E-state index in [1.807, 2.05) is 13.8 Å². The van der Waals surface area contributed by atoms with Crippen molar-refractivity contribution in [2.75, 3.05) is 13.1 Å². The van der Waals surface area contributed by atoms with Crippen LogP contribution in [-0.2, 0) is 4.79 Å². The van der Waals surface area contributed by atoms with Gasteiger partial charge in [-0.1, -0.05) is 19.8 Å². The molecule has 0 aliphatic carbocycles. The molecule has 0 N–H and O–H groups in total. The van der Waals surface area contributed by atoms with Crippen LogP contribution < -0.4 is 0 Å². The van der Waals surface area contributed by atoms with E-state index in [4.69, 9.17) is 6.42 Å². The van der Waals surface area contributed by atoms with Crippen molar-refractivity contribution in [2.45, 2.75) is 26.7 Å². The lowest BCUT2D eigenvalue weighted by Crippen LogP contribution is -2.45. The number of terminal acetylenes is 1. The van der Waals surface area contributed by atoms with Gasteiger partial charge < -0.3 is 4.90 Å². The third-order valence-corrected chi connectivity index (χ3v) is 2.38. The summed E-state index contributed by atoms with van der Waals surface area (Å²) in [5, 5.41) is 0. The van der Waals surface area contributed by atoms with Crippen LogP contribution in [0.2, 0.25) is 0 Å². The first-order chi connectivity index (χ1) is 5.58. The summed E-state index contributed by atoms with van der Waals surface area (Å²) in [4.78, 5) is 13.4. The molecule has 1 rings (SSSR count). The van der Waals surface area contributed by atoms with Crippen molar-refractivity contribution < 1.29 is 4.79 Å². The van der Waals surface area contributed by atoms with Crippen molar-refractivity contribution in [2.24, 2.45) is 5.41 Å². The first-order valence-electron chi connectivity index (χ1n) is 4.31. The van der Waals surface area contributed by atoms with Crippen molar-refractivity contribution in [3.63, 3.8) is 0 Å². The topological polar surface area (TPSA) is 20.3 Å². The molecule has 0 saturated carbocycles. The van der Waals surface area contributed by atoms with Gasteiger partial charge >= 0.3 is 0 Å². The highest BCUT2D eigenvalue weighted by Gasteiger charge is 2.34. The lowest BCUT2D eigenvalue weighted by Gasteiger charge is -2.36. The number of rotatable bonds is 1. The van der Waals surface area contributed by atoms with Gasteiger partial charge in [0, 0.05) is 12.0 Å². The van der Waals surface area contributed by atoms with Crippen molar-refractivity contribution >= 4 is 5.91 Å². The summed E-state index contributed by atoms with van der Waals surface area (Å²) in [7, 11) is 0. The molecule has 1 fully saturated rings. The maximum atomic E-state index is 11.7. The van der Waals surface area contributed by atoms with Crippen LogP contribution in [0.4, 0.5) is 0 Å². The highest BCUT2D eigenvalue weighted by molar-refractivity contribution is 5.82. The fourth-order valence-electron chi connectivity index (χ4n) is 1.61. The molecule has 1 heterocycles. The van der Waals surface area contributed by atoms with E-state index in [0.717, 1.165) is 19.4 Å². The summed E-state index contributed by atoms with van der Waals surface area (Å²) >= 11 is 0. The maximum Gasteiger partial charge on any atom is 0.229 e. The van der Waals surface area contributed by atoms with Crippen molar-refractivity contribution in [3.05, 3.63) is 0 Å². The Bertz CT molecular complexity index is 224. The van der Waals surface area contributed by atoms with E-state index < -0.39 is 0 Å². The van der Waals surface area contributed by atoms with Gasteiger partial charge in [0.05, 0.1) is 6.54 Å². The Morgan fingerprint density at radius 1 is 1.67 bits per heavy atom. The molecule has 0 aromatic heterocycles. The molecule has 2 heteroatoms. The summed E-state index contributed by atoms with van der Waals surface area (Å²) < 4.78 is 0. The number of hydrogen-bond donors (Lipinski definition) is 0. The molecule has 0 radical (unpaired) electrons. The lowest BCUT2D eigenvalue weighted by atomic mass is 9.83. The molecule has 1 aliphatic heterocycles. The number of nitrogens with zero attached hydrogens (tertiary/aromatic N) is 1. The highest BCUT2D eigenvalue weighted by atomic mass is 16.2. The van der Waals surface area contributed by atoms with Crippen molar-refractivity contribution in [3.8, 4) is 12.3 Å². The monoisotopic (exact) mass is 165 g/mol. The predicted molar refractivity (Wildman–Crippen MR) is 48.4 cm³/mol. The van der Waals surface area contributed by atoms with E-state index in [1.54, 1.807) is 4.90 Å². The van der Waals surface area contributed by atoms with Crippen LogP contribution in [-0.4, -0.2) is 23.9 Å². The van der Waals surface area contributed by atoms with E-state index >= 15 is 0 Å². The Labute approximate surface area is 73.9 Å². The molecule has 0 unspecified atom stereocenters. The van der Waals surface area contributed by atoms with Gasteiger partial charge in [-0.25, -0.2) is 0 Å². The summed E-state index contributed by atoms with van der Waals surface area (Å²) in [6, 6.07) is 0. The standard InChI is InChI=1S/C10H15NO/c1-4-7-11-8-5-6-10(2,3)9(11)12/h1H,5-8H2,2-3H3. The average Bonchev–Trinajstić information content (AvgIpc) is 1.99. The van der Waals surface area contributed by atoms with Crippen molar-refractivity contribution in [1.82, 2.24) is 4.90 Å². The Balaban J connectivity index is 2.68. The van der Waals surface area contributed by atoms with Crippen LogP contribution >= 0.6 is 0 Å². The summed E-state index contributed by atoms with van der Waals surface area (Å²) in [5.74, 6) is 2.71. The smallest absolute Gasteiger partial charge is 0.229 e. The molecule has 66 valence electrons. The van der Waals surface area contributed by atoms with Crippen LogP contribution in [0.1, 0.15) is 26.7 Å². The molecular weight excluding hydrogens is 150 g/mol. The molecule has 0 bridgehead atoms. The lowest BCUT2D eigenvalue weighted by molar-refractivity contribution is -0.143. The molecule has 0 spiro atoms. The Kier molecular flexibility index (Phi) is 2.42. The quantitative estimate of drug-likeness (QED) is 0.536. The zero-order valence-corrected chi connectivity index (χ0v) is 7.76. The van der Waals surface area contributed by atoms with Gasteiger partial charge in [-0.15, -0.1) is 6.42 Å². The van der Waals surface area contributed by atoms with E-state index in [-0.39, 0.29) is 11.3 Å². The zero-order chi connectivity index (χ0) is 9.19. The Hall–Kier alpha value is -0.970. The molecule has 0 aromatic carbocycles. The fraction of sp³-hybridized carbons (Fsp3) is 0.700. The Morgan fingerprint density at radius 2 is 2.33 bits per heavy atom. The van der Waals surface area contributed by atoms with Crippen LogP contribution in [0.3, 0.4) is 0 Å². The normalized spacial score (nSPS) is 22.1. The number of likely N-dealkylation sites (tertiary alicyclic amines) is 1. The molecular formula is C10H15NO. The third-order valence-electron chi connectivity index (χ3n) is 2.38. The summed E-state index contributed by atoms with van der Waals surface area (Å²) in [5.41, 5.74) is -0.199. The molecule has 1 saturated heterocycles. The van der Waals surface area contributed by atoms with Gasteiger partial charge in [0.1, 0.15) is 0 Å². The molecule has 0 atom stereocenters. The molecule has 1 amide bonds. The molecule has 12 heavy (non-hydrogen) atoms. The van der Waals surface area contributed by atoms with Gasteiger partial charge in [0.2, 0.25) is 5.91 Å². The van der Waals surface area contributed by atoms with Gasteiger partial charge in [0.15, 0.2) is 0 Å². The SMILES string of the molecule is C#CCN1CCCC(C)(C)C1=O. The average molecular weight is 165 g/mol. The highest BCUT2D eigenvalue weighted by Crippen LogP contribution is 2.29. The first kappa shape index (κ1) is 9.12. The predicted octanol–water partition coefficient (Wildman–Crippen LogP) is 1.27.